The zero-order valence-corrected chi connectivity index (χ0v) is 18.5. The van der Waals surface area contributed by atoms with Crippen molar-refractivity contribution in [3.8, 4) is 17.0 Å². The summed E-state index contributed by atoms with van der Waals surface area (Å²) in [5.74, 6) is 1.33. The van der Waals surface area contributed by atoms with Crippen molar-refractivity contribution in [1.82, 2.24) is 14.5 Å². The largest absolute Gasteiger partial charge is 0.497 e. The molecule has 0 bridgehead atoms. The molecule has 1 saturated heterocycles. The summed E-state index contributed by atoms with van der Waals surface area (Å²) in [4.78, 5) is 1.76. The molecule has 174 valence electrons. The second-order valence-electron chi connectivity index (χ2n) is 7.42. The summed E-state index contributed by atoms with van der Waals surface area (Å²) in [6, 6.07) is 14.7. The van der Waals surface area contributed by atoms with Crippen LogP contribution in [0.1, 0.15) is 5.56 Å². The van der Waals surface area contributed by atoms with E-state index in [0.717, 1.165) is 29.8 Å². The third-order valence-electron chi connectivity index (χ3n) is 5.40. The molecule has 1 fully saturated rings. The molecule has 0 N–H and O–H groups in total. The number of ether oxygens (including phenoxy) is 1. The number of nitrogens with zero attached hydrogens (tertiary/aromatic N) is 4. The highest BCUT2D eigenvalue weighted by Crippen LogP contribution is 2.30. The number of anilines is 1. The minimum absolute atomic E-state index is 0.161. The van der Waals surface area contributed by atoms with E-state index in [4.69, 9.17) is 4.74 Å². The van der Waals surface area contributed by atoms with Gasteiger partial charge in [-0.15, -0.1) is 10.2 Å². The van der Waals surface area contributed by atoms with Gasteiger partial charge in [0.05, 0.1) is 23.3 Å². The van der Waals surface area contributed by atoms with Crippen molar-refractivity contribution >= 4 is 15.8 Å². The van der Waals surface area contributed by atoms with Crippen LogP contribution in [0, 0.1) is 0 Å². The van der Waals surface area contributed by atoms with Crippen LogP contribution in [-0.4, -0.2) is 56.2 Å². The number of hydrogen-bond acceptors (Lipinski definition) is 6. The van der Waals surface area contributed by atoms with Crippen LogP contribution >= 0.6 is 0 Å². The van der Waals surface area contributed by atoms with E-state index in [0.29, 0.717) is 30.4 Å². The molecule has 0 aliphatic carbocycles. The predicted octanol–water partition coefficient (Wildman–Crippen LogP) is 3.68. The molecule has 0 saturated carbocycles. The predicted molar refractivity (Wildman–Crippen MR) is 116 cm³/mol. The number of halogens is 3. The van der Waals surface area contributed by atoms with Gasteiger partial charge < -0.3 is 9.64 Å². The van der Waals surface area contributed by atoms with Gasteiger partial charge in [-0.2, -0.15) is 17.5 Å². The van der Waals surface area contributed by atoms with Crippen molar-refractivity contribution in [3.05, 3.63) is 66.2 Å². The quantitative estimate of drug-likeness (QED) is 0.557. The van der Waals surface area contributed by atoms with Crippen LogP contribution in [0.3, 0.4) is 0 Å². The van der Waals surface area contributed by atoms with Crippen molar-refractivity contribution in [1.29, 1.82) is 0 Å². The van der Waals surface area contributed by atoms with E-state index in [1.54, 1.807) is 7.11 Å². The number of aromatic nitrogens is 2. The number of hydrogen-bond donors (Lipinski definition) is 0. The Morgan fingerprint density at radius 1 is 0.909 bits per heavy atom. The second kappa shape index (κ2) is 8.99. The molecule has 0 radical (unpaired) electrons. The van der Waals surface area contributed by atoms with E-state index >= 15 is 0 Å². The number of benzene rings is 2. The van der Waals surface area contributed by atoms with E-state index in [9.17, 15) is 21.6 Å². The maximum absolute atomic E-state index is 12.8. The molecule has 1 aliphatic rings. The van der Waals surface area contributed by atoms with E-state index < -0.39 is 21.8 Å². The van der Waals surface area contributed by atoms with Gasteiger partial charge in [-0.25, -0.2) is 8.42 Å². The Morgan fingerprint density at radius 3 is 2.18 bits per heavy atom. The third kappa shape index (κ3) is 4.93. The highest BCUT2D eigenvalue weighted by molar-refractivity contribution is 7.89. The molecule has 11 heteroatoms. The topological polar surface area (TPSA) is 75.6 Å². The third-order valence-corrected chi connectivity index (χ3v) is 7.31. The van der Waals surface area contributed by atoms with Crippen LogP contribution in [0.25, 0.3) is 11.3 Å². The smallest absolute Gasteiger partial charge is 0.416 e. The number of rotatable bonds is 5. The molecule has 0 amide bonds. The molecule has 3 aromatic rings. The first-order chi connectivity index (χ1) is 15.7. The van der Waals surface area contributed by atoms with Gasteiger partial charge in [0, 0.05) is 31.7 Å². The Hall–Kier alpha value is -3.18. The summed E-state index contributed by atoms with van der Waals surface area (Å²) >= 11 is 0. The van der Waals surface area contributed by atoms with Gasteiger partial charge in [-0.05, 0) is 48.5 Å². The molecule has 4 rings (SSSR count). The monoisotopic (exact) mass is 478 g/mol. The normalized spacial score (nSPS) is 15.5. The zero-order valence-electron chi connectivity index (χ0n) is 17.7. The summed E-state index contributed by atoms with van der Waals surface area (Å²) in [7, 11) is -2.30. The summed E-state index contributed by atoms with van der Waals surface area (Å²) in [6.07, 6.45) is -4.52. The molecule has 0 spiro atoms. The summed E-state index contributed by atoms with van der Waals surface area (Å²) < 4.78 is 70.4. The van der Waals surface area contributed by atoms with Gasteiger partial charge in [0.2, 0.25) is 10.0 Å². The van der Waals surface area contributed by atoms with Crippen LogP contribution < -0.4 is 9.64 Å². The molecule has 7 nitrogen and oxygen atoms in total. The van der Waals surface area contributed by atoms with Crippen LogP contribution in [0.2, 0.25) is 0 Å². The SMILES string of the molecule is COc1cccc(-c2ccc(N3CCN(S(=O)(=O)c4ccc(C(F)(F)F)cc4)CC3)nn2)c1. The summed E-state index contributed by atoms with van der Waals surface area (Å²) in [6.45, 7) is 1.13. The molecule has 0 unspecified atom stereocenters. The summed E-state index contributed by atoms with van der Waals surface area (Å²) in [5.41, 5.74) is 0.657. The fourth-order valence-electron chi connectivity index (χ4n) is 3.55. The fraction of sp³-hybridized carbons (Fsp3) is 0.273. The van der Waals surface area contributed by atoms with E-state index in [-0.39, 0.29) is 18.0 Å². The average molecular weight is 478 g/mol. The van der Waals surface area contributed by atoms with Crippen molar-refractivity contribution < 1.29 is 26.3 Å². The Morgan fingerprint density at radius 2 is 1.61 bits per heavy atom. The van der Waals surface area contributed by atoms with Crippen molar-refractivity contribution in [2.75, 3.05) is 38.2 Å². The Bertz CT molecular complexity index is 1210. The van der Waals surface area contributed by atoms with Crippen molar-refractivity contribution in [3.63, 3.8) is 0 Å². The lowest BCUT2D eigenvalue weighted by Gasteiger charge is -2.34. The van der Waals surface area contributed by atoms with Gasteiger partial charge in [0.1, 0.15) is 5.75 Å². The molecule has 2 aromatic carbocycles. The first kappa shape index (κ1) is 23.0. The van der Waals surface area contributed by atoms with E-state index in [1.807, 2.05) is 41.3 Å². The first-order valence-electron chi connectivity index (χ1n) is 10.1. The summed E-state index contributed by atoms with van der Waals surface area (Å²) in [5, 5.41) is 8.54. The van der Waals surface area contributed by atoms with Crippen LogP contribution in [-0.2, 0) is 16.2 Å². The minimum atomic E-state index is -4.52. The highest BCUT2D eigenvalue weighted by Gasteiger charge is 2.32. The average Bonchev–Trinajstić information content (AvgIpc) is 2.84. The number of methoxy groups -OCH3 is 1. The van der Waals surface area contributed by atoms with E-state index in [1.165, 1.54) is 4.31 Å². The Labute approximate surface area is 189 Å². The number of sulfonamides is 1. The molecule has 0 atom stereocenters. The van der Waals surface area contributed by atoms with Crippen LogP contribution in [0.4, 0.5) is 19.0 Å². The number of piperazine rings is 1. The molecular formula is C22H21F3N4O3S. The van der Waals surface area contributed by atoms with Crippen molar-refractivity contribution in [2.24, 2.45) is 0 Å². The lowest BCUT2D eigenvalue weighted by Crippen LogP contribution is -2.49. The standard InChI is InChI=1S/C22H21F3N4O3S/c1-32-18-4-2-3-16(15-18)20-9-10-21(27-26-20)28-11-13-29(14-12-28)33(30,31)19-7-5-17(6-8-19)22(23,24)25/h2-10,15H,11-14H2,1H3. The second-order valence-corrected chi connectivity index (χ2v) is 9.36. The minimum Gasteiger partial charge on any atom is -0.497 e. The van der Waals surface area contributed by atoms with Gasteiger partial charge >= 0.3 is 6.18 Å². The lowest BCUT2D eigenvalue weighted by molar-refractivity contribution is -0.137. The van der Waals surface area contributed by atoms with Gasteiger partial charge in [0.25, 0.3) is 0 Å². The van der Waals surface area contributed by atoms with Crippen molar-refractivity contribution in [2.45, 2.75) is 11.1 Å². The molecule has 2 heterocycles. The maximum Gasteiger partial charge on any atom is 0.416 e. The first-order valence-corrected chi connectivity index (χ1v) is 11.5. The zero-order chi connectivity index (χ0) is 23.6. The van der Waals surface area contributed by atoms with E-state index in [2.05, 4.69) is 10.2 Å². The lowest BCUT2D eigenvalue weighted by atomic mass is 10.1. The van der Waals surface area contributed by atoms with Crippen LogP contribution in [0.15, 0.2) is 65.6 Å². The maximum atomic E-state index is 12.8. The van der Waals surface area contributed by atoms with Crippen LogP contribution in [0.5, 0.6) is 5.75 Å². The Kier molecular flexibility index (Phi) is 6.26. The van der Waals surface area contributed by atoms with Gasteiger partial charge in [0.15, 0.2) is 5.82 Å². The molecule has 33 heavy (non-hydrogen) atoms. The number of alkyl halides is 3. The molecular weight excluding hydrogens is 457 g/mol. The Balaban J connectivity index is 1.42. The fourth-order valence-corrected chi connectivity index (χ4v) is 4.97. The molecule has 1 aromatic heterocycles. The van der Waals surface area contributed by atoms with Gasteiger partial charge in [-0.1, -0.05) is 12.1 Å². The van der Waals surface area contributed by atoms with Gasteiger partial charge in [-0.3, -0.25) is 0 Å². The highest BCUT2D eigenvalue weighted by atomic mass is 32.2. The molecule has 1 aliphatic heterocycles.